The first kappa shape index (κ1) is 18.2. The van der Waals surface area contributed by atoms with Gasteiger partial charge in [0, 0.05) is 19.2 Å². The molecule has 1 saturated heterocycles. The van der Waals surface area contributed by atoms with Gasteiger partial charge in [-0.15, -0.1) is 0 Å². The molecule has 3 heteroatoms. The van der Waals surface area contributed by atoms with Crippen molar-refractivity contribution >= 4 is 12.0 Å². The Morgan fingerprint density at radius 2 is 1.77 bits per heavy atom. The van der Waals surface area contributed by atoms with Crippen molar-refractivity contribution in [1.29, 1.82) is 0 Å². The molecule has 2 aromatic rings. The second-order valence-electron chi connectivity index (χ2n) is 6.79. The van der Waals surface area contributed by atoms with E-state index in [1.165, 1.54) is 5.56 Å². The van der Waals surface area contributed by atoms with Crippen molar-refractivity contribution in [3.05, 3.63) is 71.8 Å². The molecule has 1 amide bonds. The van der Waals surface area contributed by atoms with E-state index in [0.717, 1.165) is 43.7 Å². The maximum Gasteiger partial charge on any atom is 0.246 e. The number of benzene rings is 2. The summed E-state index contributed by atoms with van der Waals surface area (Å²) in [7, 11) is 0. The second-order valence-corrected chi connectivity index (χ2v) is 6.79. The lowest BCUT2D eigenvalue weighted by molar-refractivity contribution is -0.127. The lowest BCUT2D eigenvalue weighted by atomic mass is 9.90. The number of likely N-dealkylation sites (tertiary alicyclic amines) is 1. The number of carbonyl (C=O) groups excluding carboxylic acids is 1. The summed E-state index contributed by atoms with van der Waals surface area (Å²) in [5, 5.41) is 0. The predicted octanol–water partition coefficient (Wildman–Crippen LogP) is 4.58. The summed E-state index contributed by atoms with van der Waals surface area (Å²) in [6, 6.07) is 18.4. The number of amides is 1. The van der Waals surface area contributed by atoms with Crippen LogP contribution in [0.15, 0.2) is 60.7 Å². The molecule has 1 aliphatic heterocycles. The van der Waals surface area contributed by atoms with Crippen LogP contribution in [0.3, 0.4) is 0 Å². The predicted molar refractivity (Wildman–Crippen MR) is 106 cm³/mol. The fourth-order valence-electron chi connectivity index (χ4n) is 3.42. The van der Waals surface area contributed by atoms with Gasteiger partial charge in [0.2, 0.25) is 5.91 Å². The zero-order valence-electron chi connectivity index (χ0n) is 15.4. The third kappa shape index (κ3) is 5.22. The van der Waals surface area contributed by atoms with Crippen LogP contribution in [-0.4, -0.2) is 30.5 Å². The Morgan fingerprint density at radius 3 is 2.42 bits per heavy atom. The average molecular weight is 349 g/mol. The molecule has 1 heterocycles. The van der Waals surface area contributed by atoms with Crippen LogP contribution in [0.4, 0.5) is 0 Å². The van der Waals surface area contributed by atoms with Crippen LogP contribution in [0.1, 0.15) is 30.9 Å². The van der Waals surface area contributed by atoms with Gasteiger partial charge in [0.05, 0.1) is 6.61 Å². The van der Waals surface area contributed by atoms with Crippen LogP contribution in [0, 0.1) is 5.92 Å². The molecule has 0 atom stereocenters. The molecule has 1 fully saturated rings. The SMILES string of the molecule is CCOc1ccc(/C=C/C(=O)N2CCC(Cc3ccccc3)CC2)cc1. The van der Waals surface area contributed by atoms with Crippen molar-refractivity contribution < 1.29 is 9.53 Å². The fraction of sp³-hybridized carbons (Fsp3) is 0.348. The number of piperidine rings is 1. The van der Waals surface area contributed by atoms with E-state index in [1.807, 2.05) is 42.2 Å². The molecule has 2 aromatic carbocycles. The lowest BCUT2D eigenvalue weighted by Crippen LogP contribution is -2.37. The molecule has 1 aliphatic rings. The molecule has 0 aliphatic carbocycles. The number of carbonyl (C=O) groups is 1. The first-order chi connectivity index (χ1) is 12.7. The van der Waals surface area contributed by atoms with Crippen molar-refractivity contribution in [3.8, 4) is 5.75 Å². The molecule has 0 bridgehead atoms. The molecule has 0 spiro atoms. The van der Waals surface area contributed by atoms with Crippen LogP contribution >= 0.6 is 0 Å². The molecule has 3 rings (SSSR count). The Hall–Kier alpha value is -2.55. The van der Waals surface area contributed by atoms with Gasteiger partial charge >= 0.3 is 0 Å². The van der Waals surface area contributed by atoms with Crippen molar-refractivity contribution in [1.82, 2.24) is 4.90 Å². The van der Waals surface area contributed by atoms with E-state index in [-0.39, 0.29) is 5.91 Å². The van der Waals surface area contributed by atoms with E-state index in [1.54, 1.807) is 6.08 Å². The molecular formula is C23H27NO2. The van der Waals surface area contributed by atoms with Crippen molar-refractivity contribution in [3.63, 3.8) is 0 Å². The van der Waals surface area contributed by atoms with Crippen molar-refractivity contribution in [2.45, 2.75) is 26.2 Å². The maximum atomic E-state index is 12.4. The van der Waals surface area contributed by atoms with Gasteiger partial charge in [-0.05, 0) is 61.4 Å². The van der Waals surface area contributed by atoms with Crippen LogP contribution in [0.5, 0.6) is 5.75 Å². The van der Waals surface area contributed by atoms with E-state index < -0.39 is 0 Å². The molecule has 0 radical (unpaired) electrons. The Kier molecular flexibility index (Phi) is 6.48. The monoisotopic (exact) mass is 349 g/mol. The quantitative estimate of drug-likeness (QED) is 0.715. The molecule has 0 N–H and O–H groups in total. The van der Waals surface area contributed by atoms with Gasteiger partial charge in [-0.1, -0.05) is 42.5 Å². The minimum atomic E-state index is 0.108. The maximum absolute atomic E-state index is 12.4. The van der Waals surface area contributed by atoms with E-state index in [9.17, 15) is 4.79 Å². The summed E-state index contributed by atoms with van der Waals surface area (Å²) in [6.07, 6.45) is 6.85. The highest BCUT2D eigenvalue weighted by molar-refractivity contribution is 5.91. The van der Waals surface area contributed by atoms with Crippen LogP contribution in [0.2, 0.25) is 0 Å². The normalized spacial score (nSPS) is 15.3. The minimum Gasteiger partial charge on any atom is -0.494 e. The molecular weight excluding hydrogens is 322 g/mol. The summed E-state index contributed by atoms with van der Waals surface area (Å²) in [5.74, 6) is 1.64. The van der Waals surface area contributed by atoms with Crippen LogP contribution in [-0.2, 0) is 11.2 Å². The zero-order valence-corrected chi connectivity index (χ0v) is 15.4. The summed E-state index contributed by atoms with van der Waals surface area (Å²) in [5.41, 5.74) is 2.41. The highest BCUT2D eigenvalue weighted by atomic mass is 16.5. The summed E-state index contributed by atoms with van der Waals surface area (Å²) < 4.78 is 5.43. The number of rotatable bonds is 6. The zero-order chi connectivity index (χ0) is 18.2. The Balaban J connectivity index is 1.47. The van der Waals surface area contributed by atoms with Gasteiger partial charge in [-0.2, -0.15) is 0 Å². The molecule has 26 heavy (non-hydrogen) atoms. The molecule has 3 nitrogen and oxygen atoms in total. The second kappa shape index (κ2) is 9.23. The average Bonchev–Trinajstić information content (AvgIpc) is 2.69. The fourth-order valence-corrected chi connectivity index (χ4v) is 3.42. The van der Waals surface area contributed by atoms with E-state index in [0.29, 0.717) is 12.5 Å². The van der Waals surface area contributed by atoms with Gasteiger partial charge in [-0.3, -0.25) is 4.79 Å². The number of nitrogens with zero attached hydrogens (tertiary/aromatic N) is 1. The summed E-state index contributed by atoms with van der Waals surface area (Å²) in [6.45, 7) is 4.33. The van der Waals surface area contributed by atoms with Crippen LogP contribution in [0.25, 0.3) is 6.08 Å². The first-order valence-corrected chi connectivity index (χ1v) is 9.48. The van der Waals surface area contributed by atoms with E-state index >= 15 is 0 Å². The topological polar surface area (TPSA) is 29.5 Å². The molecule has 0 unspecified atom stereocenters. The van der Waals surface area contributed by atoms with Gasteiger partial charge in [0.1, 0.15) is 5.75 Å². The highest BCUT2D eigenvalue weighted by Gasteiger charge is 2.21. The molecule has 0 saturated carbocycles. The van der Waals surface area contributed by atoms with Gasteiger partial charge in [0.25, 0.3) is 0 Å². The number of ether oxygens (including phenoxy) is 1. The summed E-state index contributed by atoms with van der Waals surface area (Å²) >= 11 is 0. The Bertz CT molecular complexity index is 714. The van der Waals surface area contributed by atoms with E-state index in [4.69, 9.17) is 4.74 Å². The molecule has 0 aromatic heterocycles. The Labute approximate surface area is 156 Å². The Morgan fingerprint density at radius 1 is 1.08 bits per heavy atom. The van der Waals surface area contributed by atoms with Crippen LogP contribution < -0.4 is 4.74 Å². The summed E-state index contributed by atoms with van der Waals surface area (Å²) in [4.78, 5) is 14.4. The van der Waals surface area contributed by atoms with Gasteiger partial charge in [-0.25, -0.2) is 0 Å². The standard InChI is InChI=1S/C23H27NO2/c1-2-26-22-11-8-19(9-12-22)10-13-23(25)24-16-14-21(15-17-24)18-20-6-4-3-5-7-20/h3-13,21H,2,14-18H2,1H3/b13-10+. The number of hydrogen-bond acceptors (Lipinski definition) is 2. The van der Waals surface area contributed by atoms with Crippen molar-refractivity contribution in [2.24, 2.45) is 5.92 Å². The largest absolute Gasteiger partial charge is 0.494 e. The lowest BCUT2D eigenvalue weighted by Gasteiger charge is -2.31. The smallest absolute Gasteiger partial charge is 0.246 e. The first-order valence-electron chi connectivity index (χ1n) is 9.48. The highest BCUT2D eigenvalue weighted by Crippen LogP contribution is 2.22. The number of hydrogen-bond donors (Lipinski definition) is 0. The minimum absolute atomic E-state index is 0.108. The van der Waals surface area contributed by atoms with E-state index in [2.05, 4.69) is 30.3 Å². The van der Waals surface area contributed by atoms with Gasteiger partial charge < -0.3 is 9.64 Å². The third-order valence-corrected chi connectivity index (χ3v) is 4.90. The van der Waals surface area contributed by atoms with Crippen molar-refractivity contribution in [2.75, 3.05) is 19.7 Å². The van der Waals surface area contributed by atoms with Gasteiger partial charge in [0.15, 0.2) is 0 Å². The third-order valence-electron chi connectivity index (χ3n) is 4.90. The molecule has 136 valence electrons.